The van der Waals surface area contributed by atoms with E-state index in [1.807, 2.05) is 26.8 Å². The first kappa shape index (κ1) is 13.3. The molecule has 4 nitrogen and oxygen atoms in total. The predicted molar refractivity (Wildman–Crippen MR) is 75.4 cm³/mol. The van der Waals surface area contributed by atoms with Crippen LogP contribution in [-0.2, 0) is 0 Å². The second-order valence-electron chi connectivity index (χ2n) is 4.37. The van der Waals surface area contributed by atoms with Gasteiger partial charge in [0.25, 0.3) is 0 Å². The van der Waals surface area contributed by atoms with Crippen molar-refractivity contribution in [3.05, 3.63) is 41.5 Å². The van der Waals surface area contributed by atoms with Crippen molar-refractivity contribution in [1.82, 2.24) is 9.97 Å². The number of aromatic nitrogens is 2. The molecule has 100 valence electrons. The fraction of sp³-hybridized carbons (Fsp3) is 0.286. The summed E-state index contributed by atoms with van der Waals surface area (Å²) in [5, 5.41) is 6.28. The lowest BCUT2D eigenvalue weighted by molar-refractivity contribution is 0.627. The molecule has 0 aliphatic rings. The number of hydrogen-bond acceptors (Lipinski definition) is 4. The molecule has 0 fully saturated rings. The van der Waals surface area contributed by atoms with Crippen molar-refractivity contribution in [1.29, 1.82) is 0 Å². The molecule has 0 bridgehead atoms. The van der Waals surface area contributed by atoms with Crippen molar-refractivity contribution in [2.75, 3.05) is 17.2 Å². The molecular weight excluding hydrogens is 243 g/mol. The van der Waals surface area contributed by atoms with E-state index in [4.69, 9.17) is 0 Å². The van der Waals surface area contributed by atoms with E-state index in [2.05, 4.69) is 20.6 Å². The van der Waals surface area contributed by atoms with Crippen LogP contribution in [0.15, 0.2) is 24.5 Å². The van der Waals surface area contributed by atoms with E-state index in [0.717, 1.165) is 23.5 Å². The summed E-state index contributed by atoms with van der Waals surface area (Å²) < 4.78 is 13.3. The van der Waals surface area contributed by atoms with Crippen molar-refractivity contribution in [3.63, 3.8) is 0 Å². The van der Waals surface area contributed by atoms with Gasteiger partial charge in [-0.05, 0) is 44.5 Å². The largest absolute Gasteiger partial charge is 0.370 e. The van der Waals surface area contributed by atoms with Gasteiger partial charge in [-0.25, -0.2) is 14.4 Å². The third kappa shape index (κ3) is 3.19. The van der Waals surface area contributed by atoms with E-state index in [9.17, 15) is 4.39 Å². The first-order valence-electron chi connectivity index (χ1n) is 6.20. The predicted octanol–water partition coefficient (Wildman–Crippen LogP) is 3.41. The molecule has 5 heteroatoms. The zero-order chi connectivity index (χ0) is 13.8. The molecule has 0 radical (unpaired) electrons. The Kier molecular flexibility index (Phi) is 3.94. The van der Waals surface area contributed by atoms with E-state index in [0.29, 0.717) is 11.5 Å². The normalized spacial score (nSPS) is 10.3. The zero-order valence-electron chi connectivity index (χ0n) is 11.3. The van der Waals surface area contributed by atoms with Crippen molar-refractivity contribution >= 4 is 17.3 Å². The van der Waals surface area contributed by atoms with Gasteiger partial charge in [-0.1, -0.05) is 0 Å². The highest BCUT2D eigenvalue weighted by atomic mass is 19.1. The van der Waals surface area contributed by atoms with Gasteiger partial charge in [0.15, 0.2) is 0 Å². The number of rotatable bonds is 4. The second-order valence-corrected chi connectivity index (χ2v) is 4.37. The third-order valence-electron chi connectivity index (χ3n) is 2.73. The molecule has 0 unspecified atom stereocenters. The average molecular weight is 260 g/mol. The Labute approximate surface area is 112 Å². The van der Waals surface area contributed by atoms with Crippen LogP contribution in [0.3, 0.4) is 0 Å². The Balaban J connectivity index is 2.30. The minimum Gasteiger partial charge on any atom is -0.370 e. The summed E-state index contributed by atoms with van der Waals surface area (Å²) in [5.74, 6) is 1.20. The quantitative estimate of drug-likeness (QED) is 0.884. The standard InChI is InChI=1S/C14H17FN4/c1-4-16-13-10(3)14(18-8-17-13)19-12-6-9(2)5-11(15)7-12/h5-8H,4H2,1-3H3,(H2,16,17,18,19). The Morgan fingerprint density at radius 2 is 1.84 bits per heavy atom. The van der Waals surface area contributed by atoms with Gasteiger partial charge in [-0.15, -0.1) is 0 Å². The lowest BCUT2D eigenvalue weighted by atomic mass is 10.2. The Morgan fingerprint density at radius 1 is 1.11 bits per heavy atom. The van der Waals surface area contributed by atoms with Gasteiger partial charge in [0.05, 0.1) is 0 Å². The van der Waals surface area contributed by atoms with Crippen LogP contribution in [-0.4, -0.2) is 16.5 Å². The smallest absolute Gasteiger partial charge is 0.138 e. The second kappa shape index (κ2) is 5.65. The molecule has 19 heavy (non-hydrogen) atoms. The van der Waals surface area contributed by atoms with Crippen molar-refractivity contribution in [3.8, 4) is 0 Å². The molecule has 0 spiro atoms. The monoisotopic (exact) mass is 260 g/mol. The topological polar surface area (TPSA) is 49.8 Å². The number of halogens is 1. The molecule has 0 saturated heterocycles. The van der Waals surface area contributed by atoms with Crippen molar-refractivity contribution in [2.24, 2.45) is 0 Å². The lowest BCUT2D eigenvalue weighted by Crippen LogP contribution is -2.05. The Morgan fingerprint density at radius 3 is 2.53 bits per heavy atom. The van der Waals surface area contributed by atoms with Gasteiger partial charge >= 0.3 is 0 Å². The van der Waals surface area contributed by atoms with Crippen LogP contribution in [0.2, 0.25) is 0 Å². The average Bonchev–Trinajstić information content (AvgIpc) is 2.33. The van der Waals surface area contributed by atoms with Gasteiger partial charge in [-0.2, -0.15) is 0 Å². The molecule has 0 amide bonds. The van der Waals surface area contributed by atoms with Gasteiger partial charge in [-0.3, -0.25) is 0 Å². The minimum atomic E-state index is -0.263. The van der Waals surface area contributed by atoms with Crippen molar-refractivity contribution in [2.45, 2.75) is 20.8 Å². The highest BCUT2D eigenvalue weighted by Crippen LogP contribution is 2.23. The summed E-state index contributed by atoms with van der Waals surface area (Å²) in [7, 11) is 0. The highest BCUT2D eigenvalue weighted by molar-refractivity contribution is 5.64. The summed E-state index contributed by atoms with van der Waals surface area (Å²) in [6, 6.07) is 4.81. The van der Waals surface area contributed by atoms with Crippen LogP contribution < -0.4 is 10.6 Å². The van der Waals surface area contributed by atoms with Crippen LogP contribution in [0.5, 0.6) is 0 Å². The molecule has 2 rings (SSSR count). The van der Waals surface area contributed by atoms with Crippen LogP contribution in [0.25, 0.3) is 0 Å². The summed E-state index contributed by atoms with van der Waals surface area (Å²) in [5.41, 5.74) is 2.45. The van der Waals surface area contributed by atoms with Crippen LogP contribution in [0, 0.1) is 19.7 Å². The van der Waals surface area contributed by atoms with E-state index in [1.54, 1.807) is 0 Å². The van der Waals surface area contributed by atoms with Crippen LogP contribution in [0.1, 0.15) is 18.1 Å². The molecule has 2 aromatic rings. The highest BCUT2D eigenvalue weighted by Gasteiger charge is 2.07. The number of nitrogens with zero attached hydrogens (tertiary/aromatic N) is 2. The van der Waals surface area contributed by atoms with Crippen molar-refractivity contribution < 1.29 is 4.39 Å². The van der Waals surface area contributed by atoms with E-state index in [-0.39, 0.29) is 5.82 Å². The molecule has 0 aliphatic carbocycles. The number of nitrogens with one attached hydrogen (secondary N) is 2. The van der Waals surface area contributed by atoms with Crippen LogP contribution >= 0.6 is 0 Å². The number of aryl methyl sites for hydroxylation is 1. The molecule has 0 atom stereocenters. The van der Waals surface area contributed by atoms with Gasteiger partial charge < -0.3 is 10.6 Å². The van der Waals surface area contributed by atoms with Crippen LogP contribution in [0.4, 0.5) is 21.7 Å². The molecule has 1 aromatic carbocycles. The fourth-order valence-electron chi connectivity index (χ4n) is 1.87. The summed E-state index contributed by atoms with van der Waals surface area (Å²) >= 11 is 0. The van der Waals surface area contributed by atoms with Gasteiger partial charge in [0.1, 0.15) is 23.8 Å². The first-order chi connectivity index (χ1) is 9.10. The number of benzene rings is 1. The third-order valence-corrected chi connectivity index (χ3v) is 2.73. The van der Waals surface area contributed by atoms with E-state index in [1.165, 1.54) is 18.5 Å². The molecular formula is C14H17FN4. The number of anilines is 3. The fourth-order valence-corrected chi connectivity index (χ4v) is 1.87. The maximum atomic E-state index is 13.3. The Hall–Kier alpha value is -2.17. The minimum absolute atomic E-state index is 0.263. The van der Waals surface area contributed by atoms with E-state index < -0.39 is 0 Å². The summed E-state index contributed by atoms with van der Waals surface area (Å²) in [6.45, 7) is 6.57. The summed E-state index contributed by atoms with van der Waals surface area (Å²) in [4.78, 5) is 8.36. The van der Waals surface area contributed by atoms with Gasteiger partial charge in [0, 0.05) is 17.8 Å². The Bertz CT molecular complexity index is 563. The first-order valence-corrected chi connectivity index (χ1v) is 6.20. The SMILES string of the molecule is CCNc1ncnc(Nc2cc(C)cc(F)c2)c1C. The van der Waals surface area contributed by atoms with Gasteiger partial charge in [0.2, 0.25) is 0 Å². The molecule has 2 N–H and O–H groups in total. The molecule has 0 saturated carbocycles. The maximum absolute atomic E-state index is 13.3. The molecule has 0 aliphatic heterocycles. The molecule has 1 heterocycles. The maximum Gasteiger partial charge on any atom is 0.138 e. The lowest BCUT2D eigenvalue weighted by Gasteiger charge is -2.12. The summed E-state index contributed by atoms with van der Waals surface area (Å²) in [6.07, 6.45) is 1.49. The number of hydrogen-bond donors (Lipinski definition) is 2. The zero-order valence-corrected chi connectivity index (χ0v) is 11.3. The van der Waals surface area contributed by atoms with E-state index >= 15 is 0 Å². The molecule has 1 aromatic heterocycles.